The van der Waals surface area contributed by atoms with Gasteiger partial charge in [0.1, 0.15) is 11.6 Å². The van der Waals surface area contributed by atoms with Crippen LogP contribution < -0.4 is 21.9 Å². The Hall–Kier alpha value is -3.26. The maximum Gasteiger partial charge on any atom is 0.330 e. The number of anilines is 2. The van der Waals surface area contributed by atoms with Crippen LogP contribution in [0.15, 0.2) is 50.4 Å². The van der Waals surface area contributed by atoms with Gasteiger partial charge in [-0.3, -0.25) is 24.0 Å². The number of furan rings is 1. The van der Waals surface area contributed by atoms with E-state index in [9.17, 15) is 14.4 Å². The van der Waals surface area contributed by atoms with Gasteiger partial charge in [-0.05, 0) is 48.2 Å². The van der Waals surface area contributed by atoms with E-state index in [0.717, 1.165) is 5.56 Å². The van der Waals surface area contributed by atoms with Gasteiger partial charge < -0.3 is 10.2 Å². The molecule has 0 aliphatic carbocycles. The zero-order valence-electron chi connectivity index (χ0n) is 18.5. The molecule has 0 spiro atoms. The van der Waals surface area contributed by atoms with Gasteiger partial charge in [0.05, 0.1) is 0 Å². The highest BCUT2D eigenvalue weighted by Gasteiger charge is 2.28. The van der Waals surface area contributed by atoms with Crippen LogP contribution >= 0.6 is 11.6 Å². The summed E-state index contributed by atoms with van der Waals surface area (Å²) in [7, 11) is 0. The Morgan fingerprint density at radius 1 is 1.09 bits per heavy atom. The molecular weight excluding hydrogens is 432 g/mol. The van der Waals surface area contributed by atoms with Crippen LogP contribution in [-0.4, -0.2) is 22.0 Å². The molecular formula is C23H27ClN4O4. The molecule has 1 amide bonds. The van der Waals surface area contributed by atoms with Crippen molar-refractivity contribution in [2.45, 2.75) is 34.2 Å². The number of carbonyl (C=O) groups is 1. The summed E-state index contributed by atoms with van der Waals surface area (Å²) in [4.78, 5) is 42.0. The van der Waals surface area contributed by atoms with Gasteiger partial charge in [-0.2, -0.15) is 0 Å². The average Bonchev–Trinajstić information content (AvgIpc) is 3.20. The van der Waals surface area contributed by atoms with Gasteiger partial charge in [0.25, 0.3) is 11.5 Å². The highest BCUT2D eigenvalue weighted by molar-refractivity contribution is 6.30. The molecule has 2 heterocycles. The number of benzene rings is 1. The maximum absolute atomic E-state index is 13.4. The summed E-state index contributed by atoms with van der Waals surface area (Å²) in [5.74, 6) is 0.0953. The molecule has 0 aliphatic heterocycles. The van der Waals surface area contributed by atoms with E-state index in [2.05, 4.69) is 4.98 Å². The minimum Gasteiger partial charge on any atom is -0.451 e. The number of rotatable bonds is 7. The summed E-state index contributed by atoms with van der Waals surface area (Å²) in [5.41, 5.74) is 5.61. The molecule has 8 nitrogen and oxygen atoms in total. The molecule has 0 bridgehead atoms. The molecule has 9 heteroatoms. The number of aromatic nitrogens is 2. The molecule has 0 fully saturated rings. The Balaban J connectivity index is 2.06. The zero-order valence-corrected chi connectivity index (χ0v) is 19.3. The van der Waals surface area contributed by atoms with Crippen LogP contribution in [0.5, 0.6) is 0 Å². The van der Waals surface area contributed by atoms with Gasteiger partial charge in [-0.15, -0.1) is 0 Å². The SMILES string of the molecule is CC(C)CN(C(=O)c1ccc(-c2ccc(Cl)cc2)o1)c1c(N)n(CC(C)C)c(=O)[nH]c1=O. The summed E-state index contributed by atoms with van der Waals surface area (Å²) >= 11 is 5.94. The fourth-order valence-corrected chi connectivity index (χ4v) is 3.51. The summed E-state index contributed by atoms with van der Waals surface area (Å²) in [5, 5.41) is 0.589. The van der Waals surface area contributed by atoms with E-state index in [1.54, 1.807) is 36.4 Å². The Morgan fingerprint density at radius 3 is 2.34 bits per heavy atom. The molecule has 2 aromatic heterocycles. The Morgan fingerprint density at radius 2 is 1.75 bits per heavy atom. The molecule has 1 aromatic carbocycles. The molecule has 0 saturated carbocycles. The van der Waals surface area contributed by atoms with Gasteiger partial charge in [0.15, 0.2) is 11.4 Å². The number of amides is 1. The number of hydrogen-bond acceptors (Lipinski definition) is 5. The van der Waals surface area contributed by atoms with Crippen molar-refractivity contribution < 1.29 is 9.21 Å². The van der Waals surface area contributed by atoms with Crippen LogP contribution in [0.3, 0.4) is 0 Å². The number of nitrogens with zero attached hydrogens (tertiary/aromatic N) is 2. The van der Waals surface area contributed by atoms with Crippen molar-refractivity contribution >= 4 is 29.0 Å². The van der Waals surface area contributed by atoms with Gasteiger partial charge in [-0.25, -0.2) is 4.79 Å². The number of aromatic amines is 1. The van der Waals surface area contributed by atoms with Crippen molar-refractivity contribution in [1.29, 1.82) is 0 Å². The number of nitrogen functional groups attached to an aromatic ring is 1. The van der Waals surface area contributed by atoms with Crippen molar-refractivity contribution in [3.05, 3.63) is 68.0 Å². The predicted molar refractivity (Wildman–Crippen MR) is 126 cm³/mol. The van der Waals surface area contributed by atoms with Crippen LogP contribution in [0.4, 0.5) is 11.5 Å². The molecule has 0 saturated heterocycles. The summed E-state index contributed by atoms with van der Waals surface area (Å²) in [6.45, 7) is 8.19. The van der Waals surface area contributed by atoms with Gasteiger partial charge in [0.2, 0.25) is 0 Å². The van der Waals surface area contributed by atoms with E-state index in [-0.39, 0.29) is 35.6 Å². The van der Waals surface area contributed by atoms with Gasteiger partial charge in [0, 0.05) is 23.7 Å². The van der Waals surface area contributed by atoms with Crippen molar-refractivity contribution in [1.82, 2.24) is 9.55 Å². The van der Waals surface area contributed by atoms with Crippen molar-refractivity contribution in [2.75, 3.05) is 17.2 Å². The fourth-order valence-electron chi connectivity index (χ4n) is 3.38. The fraction of sp³-hybridized carbons (Fsp3) is 0.348. The first-order valence-corrected chi connectivity index (χ1v) is 10.8. The third-order valence-electron chi connectivity index (χ3n) is 4.77. The molecule has 3 N–H and O–H groups in total. The second-order valence-electron chi connectivity index (χ2n) is 8.48. The largest absolute Gasteiger partial charge is 0.451 e. The Kier molecular flexibility index (Phi) is 6.93. The number of carbonyl (C=O) groups excluding carboxylic acids is 1. The van der Waals surface area contributed by atoms with E-state index in [1.807, 2.05) is 27.7 Å². The molecule has 0 atom stereocenters. The predicted octanol–water partition coefficient (Wildman–Crippen LogP) is 3.99. The second-order valence-corrected chi connectivity index (χ2v) is 8.91. The first-order chi connectivity index (χ1) is 15.1. The monoisotopic (exact) mass is 458 g/mol. The first kappa shape index (κ1) is 23.4. The van der Waals surface area contributed by atoms with Crippen LogP contribution in [0.2, 0.25) is 5.02 Å². The Bertz CT molecular complexity index is 1220. The number of halogens is 1. The topological polar surface area (TPSA) is 114 Å². The van der Waals surface area contributed by atoms with Gasteiger partial charge in [-0.1, -0.05) is 39.3 Å². The minimum absolute atomic E-state index is 0.0222. The van der Waals surface area contributed by atoms with Crippen LogP contribution in [0.1, 0.15) is 38.2 Å². The lowest BCUT2D eigenvalue weighted by Crippen LogP contribution is -2.43. The lowest BCUT2D eigenvalue weighted by atomic mass is 10.1. The van der Waals surface area contributed by atoms with E-state index >= 15 is 0 Å². The van der Waals surface area contributed by atoms with Crippen LogP contribution in [0.25, 0.3) is 11.3 Å². The normalized spacial score (nSPS) is 11.3. The van der Waals surface area contributed by atoms with Crippen molar-refractivity contribution in [2.24, 2.45) is 11.8 Å². The Labute approximate surface area is 190 Å². The lowest BCUT2D eigenvalue weighted by molar-refractivity contribution is 0.0957. The maximum atomic E-state index is 13.4. The molecule has 32 heavy (non-hydrogen) atoms. The minimum atomic E-state index is -0.717. The second kappa shape index (κ2) is 9.48. The van der Waals surface area contributed by atoms with Gasteiger partial charge >= 0.3 is 5.69 Å². The van der Waals surface area contributed by atoms with Crippen LogP contribution in [0, 0.1) is 11.8 Å². The molecule has 0 radical (unpaired) electrons. The summed E-state index contributed by atoms with van der Waals surface area (Å²) in [6.07, 6.45) is 0. The van der Waals surface area contributed by atoms with Crippen molar-refractivity contribution in [3.63, 3.8) is 0 Å². The van der Waals surface area contributed by atoms with E-state index in [1.165, 1.54) is 9.47 Å². The first-order valence-electron chi connectivity index (χ1n) is 10.4. The van der Waals surface area contributed by atoms with E-state index in [0.29, 0.717) is 17.3 Å². The standard InChI is InChI=1S/C23H27ClN4O4/c1-13(2)11-27(19-20(25)28(12-14(3)4)23(31)26-21(19)29)22(30)18-10-9-17(32-18)15-5-7-16(24)8-6-15/h5-10,13-14H,11-12,25H2,1-4H3,(H,26,29,31). The number of hydrogen-bond donors (Lipinski definition) is 2. The summed E-state index contributed by atoms with van der Waals surface area (Å²) < 4.78 is 7.08. The number of H-pyrrole nitrogens is 1. The highest BCUT2D eigenvalue weighted by Crippen LogP contribution is 2.27. The molecule has 3 aromatic rings. The van der Waals surface area contributed by atoms with E-state index in [4.69, 9.17) is 21.8 Å². The third-order valence-corrected chi connectivity index (χ3v) is 5.02. The average molecular weight is 459 g/mol. The number of nitrogens with two attached hydrogens (primary N) is 1. The number of nitrogens with one attached hydrogen (secondary N) is 1. The smallest absolute Gasteiger partial charge is 0.330 e. The van der Waals surface area contributed by atoms with Crippen LogP contribution in [-0.2, 0) is 6.54 Å². The van der Waals surface area contributed by atoms with Crippen molar-refractivity contribution in [3.8, 4) is 11.3 Å². The highest BCUT2D eigenvalue weighted by atomic mass is 35.5. The zero-order chi connectivity index (χ0) is 23.6. The van der Waals surface area contributed by atoms with E-state index < -0.39 is 17.2 Å². The lowest BCUT2D eigenvalue weighted by Gasteiger charge is -2.25. The third kappa shape index (κ3) is 4.96. The summed E-state index contributed by atoms with van der Waals surface area (Å²) in [6, 6.07) is 10.2. The molecule has 0 unspecified atom stereocenters. The quantitative estimate of drug-likeness (QED) is 0.555. The molecule has 170 valence electrons. The molecule has 0 aliphatic rings. The molecule has 3 rings (SSSR count).